The molecule has 168 valence electrons. The minimum Gasteiger partial charge on any atom is -0.369 e. The molecule has 2 aromatic rings. The van der Waals surface area contributed by atoms with Gasteiger partial charge in [-0.05, 0) is 53.5 Å². The lowest BCUT2D eigenvalue weighted by molar-refractivity contribution is -0.124. The van der Waals surface area contributed by atoms with Crippen molar-refractivity contribution in [3.63, 3.8) is 0 Å². The number of nitrogens with zero attached hydrogens (tertiary/aromatic N) is 2. The van der Waals surface area contributed by atoms with E-state index in [0.29, 0.717) is 11.5 Å². The van der Waals surface area contributed by atoms with Gasteiger partial charge >= 0.3 is 0 Å². The zero-order valence-electron chi connectivity index (χ0n) is 18.7. The Morgan fingerprint density at radius 3 is 2.00 bits per heavy atom. The largest absolute Gasteiger partial charge is 0.369 e. The molecule has 3 rings (SSSR count). The van der Waals surface area contributed by atoms with Gasteiger partial charge in [-0.2, -0.15) is 0 Å². The van der Waals surface area contributed by atoms with Gasteiger partial charge in [-0.15, -0.1) is 0 Å². The maximum Gasteiger partial charge on any atom is 0.267 e. The number of benzene rings is 2. The molecule has 0 aromatic heterocycles. The van der Waals surface area contributed by atoms with Crippen LogP contribution in [0.1, 0.15) is 35.3 Å². The summed E-state index contributed by atoms with van der Waals surface area (Å²) in [6, 6.07) is 15.2. The molecule has 0 unspecified atom stereocenters. The van der Waals surface area contributed by atoms with Crippen LogP contribution in [-0.2, 0) is 4.79 Å². The molecule has 0 radical (unpaired) electrons. The van der Waals surface area contributed by atoms with E-state index < -0.39 is 5.91 Å². The quantitative estimate of drug-likeness (QED) is 0.286. The van der Waals surface area contributed by atoms with Crippen molar-refractivity contribution in [3.05, 3.63) is 77.4 Å². The number of piperazine rings is 1. The molecule has 6 nitrogen and oxygen atoms in total. The number of rotatable bonds is 8. The van der Waals surface area contributed by atoms with Crippen LogP contribution < -0.4 is 10.4 Å². The van der Waals surface area contributed by atoms with Crippen LogP contribution in [0, 0.1) is 5.92 Å². The van der Waals surface area contributed by atoms with Gasteiger partial charge in [0.1, 0.15) is 0 Å². The van der Waals surface area contributed by atoms with Crippen LogP contribution in [0.25, 0.3) is 12.2 Å². The van der Waals surface area contributed by atoms with E-state index in [4.69, 9.17) is 5.21 Å². The molecule has 0 aliphatic carbocycles. The second-order valence-corrected chi connectivity index (χ2v) is 8.40. The van der Waals surface area contributed by atoms with Gasteiger partial charge in [-0.25, -0.2) is 5.48 Å². The highest BCUT2D eigenvalue weighted by atomic mass is 16.5. The summed E-state index contributed by atoms with van der Waals surface area (Å²) in [5.74, 6) is 0.0654. The lowest BCUT2D eigenvalue weighted by Gasteiger charge is -2.36. The fourth-order valence-corrected chi connectivity index (χ4v) is 3.74. The Labute approximate surface area is 189 Å². The van der Waals surface area contributed by atoms with Gasteiger partial charge in [0.2, 0.25) is 0 Å². The molecule has 1 aliphatic heterocycles. The van der Waals surface area contributed by atoms with Crippen molar-refractivity contribution in [1.82, 2.24) is 10.4 Å². The van der Waals surface area contributed by atoms with Crippen molar-refractivity contribution in [2.24, 2.45) is 5.92 Å². The second-order valence-electron chi connectivity index (χ2n) is 8.40. The molecule has 1 heterocycles. The van der Waals surface area contributed by atoms with Gasteiger partial charge in [-0.3, -0.25) is 19.7 Å². The average molecular weight is 434 g/mol. The number of hydrogen-bond donors (Lipinski definition) is 2. The monoisotopic (exact) mass is 433 g/mol. The number of allylic oxidation sites excluding steroid dienone is 1. The number of hydroxylamine groups is 1. The van der Waals surface area contributed by atoms with Crippen molar-refractivity contribution >= 4 is 29.5 Å². The fourth-order valence-electron chi connectivity index (χ4n) is 3.74. The van der Waals surface area contributed by atoms with Crippen LogP contribution in [0.2, 0.25) is 0 Å². The molecule has 2 aromatic carbocycles. The number of nitrogens with one attached hydrogen (secondary N) is 1. The lowest BCUT2D eigenvalue weighted by atomic mass is 10.1. The first kappa shape index (κ1) is 23.4. The Morgan fingerprint density at radius 2 is 1.47 bits per heavy atom. The van der Waals surface area contributed by atoms with E-state index in [1.54, 1.807) is 23.7 Å². The molecule has 0 saturated carbocycles. The Kier molecular flexibility index (Phi) is 8.36. The fraction of sp³-hybridized carbons (Fsp3) is 0.308. The molecule has 1 saturated heterocycles. The molecule has 0 atom stereocenters. The van der Waals surface area contributed by atoms with Crippen LogP contribution in [-0.4, -0.2) is 54.5 Å². The normalized spacial score (nSPS) is 15.1. The summed E-state index contributed by atoms with van der Waals surface area (Å²) in [5.41, 5.74) is 5.08. The molecule has 0 bridgehead atoms. The summed E-state index contributed by atoms with van der Waals surface area (Å²) in [7, 11) is 0. The maximum atomic E-state index is 12.5. The average Bonchev–Trinajstić information content (AvgIpc) is 2.82. The highest BCUT2D eigenvalue weighted by molar-refractivity contribution is 6.07. The minimum atomic E-state index is -0.584. The van der Waals surface area contributed by atoms with E-state index in [1.165, 1.54) is 6.08 Å². The predicted octanol–water partition coefficient (Wildman–Crippen LogP) is 3.88. The highest BCUT2D eigenvalue weighted by Gasteiger charge is 2.17. The van der Waals surface area contributed by atoms with Crippen LogP contribution in [0.4, 0.5) is 5.69 Å². The number of anilines is 1. The topological polar surface area (TPSA) is 72.9 Å². The summed E-state index contributed by atoms with van der Waals surface area (Å²) in [5, 5.41) is 8.49. The molecule has 2 N–H and O–H groups in total. The van der Waals surface area contributed by atoms with Gasteiger partial charge in [0.25, 0.3) is 5.91 Å². The number of amides is 1. The Bertz CT molecular complexity index is 955. The van der Waals surface area contributed by atoms with Crippen LogP contribution in [0.5, 0.6) is 0 Å². The van der Waals surface area contributed by atoms with E-state index in [9.17, 15) is 9.59 Å². The Hall–Kier alpha value is -3.22. The van der Waals surface area contributed by atoms with Crippen molar-refractivity contribution < 1.29 is 14.8 Å². The number of hydrogen-bond acceptors (Lipinski definition) is 5. The molecular formula is C26H31N3O3. The lowest BCUT2D eigenvalue weighted by Crippen LogP contribution is -2.47. The van der Waals surface area contributed by atoms with Crippen LogP contribution in [0.15, 0.2) is 60.7 Å². The molecule has 1 aliphatic rings. The first-order valence-electron chi connectivity index (χ1n) is 11.0. The van der Waals surface area contributed by atoms with Crippen molar-refractivity contribution in [2.45, 2.75) is 13.8 Å². The second kappa shape index (κ2) is 11.4. The molecule has 1 amide bonds. The molecular weight excluding hydrogens is 402 g/mol. The van der Waals surface area contributed by atoms with E-state index in [1.807, 2.05) is 48.5 Å². The number of carbonyl (C=O) groups excluding carboxylic acids is 2. The number of carbonyl (C=O) groups is 2. The Morgan fingerprint density at radius 1 is 0.906 bits per heavy atom. The first-order valence-corrected chi connectivity index (χ1v) is 11.0. The van der Waals surface area contributed by atoms with Crippen LogP contribution >= 0.6 is 0 Å². The SMILES string of the molecule is CC(C)CN1CCN(c2ccc(C(=O)C=Cc3ccc(C=CC(=O)NO)cc3)cc2)CC1. The summed E-state index contributed by atoms with van der Waals surface area (Å²) in [6.07, 6.45) is 6.18. The summed E-state index contributed by atoms with van der Waals surface area (Å²) >= 11 is 0. The van der Waals surface area contributed by atoms with Crippen molar-refractivity contribution in [3.8, 4) is 0 Å². The Balaban J connectivity index is 1.54. The summed E-state index contributed by atoms with van der Waals surface area (Å²) in [6.45, 7) is 9.82. The third-order valence-electron chi connectivity index (χ3n) is 5.41. The summed E-state index contributed by atoms with van der Waals surface area (Å²) < 4.78 is 0. The summed E-state index contributed by atoms with van der Waals surface area (Å²) in [4.78, 5) is 28.5. The number of ketones is 1. The highest BCUT2D eigenvalue weighted by Crippen LogP contribution is 2.18. The zero-order chi connectivity index (χ0) is 22.9. The van der Waals surface area contributed by atoms with E-state index in [0.717, 1.165) is 49.5 Å². The van der Waals surface area contributed by atoms with Gasteiger partial charge in [0.15, 0.2) is 5.78 Å². The molecule has 6 heteroatoms. The van der Waals surface area contributed by atoms with Crippen molar-refractivity contribution in [1.29, 1.82) is 0 Å². The minimum absolute atomic E-state index is 0.0399. The smallest absolute Gasteiger partial charge is 0.267 e. The van der Waals surface area contributed by atoms with Gasteiger partial charge in [0, 0.05) is 50.1 Å². The first-order chi connectivity index (χ1) is 15.4. The molecule has 1 fully saturated rings. The molecule has 32 heavy (non-hydrogen) atoms. The van der Waals surface area contributed by atoms with E-state index in [-0.39, 0.29) is 5.78 Å². The third kappa shape index (κ3) is 6.90. The predicted molar refractivity (Wildman–Crippen MR) is 129 cm³/mol. The molecule has 0 spiro atoms. The van der Waals surface area contributed by atoms with E-state index in [2.05, 4.69) is 23.6 Å². The van der Waals surface area contributed by atoms with Gasteiger partial charge < -0.3 is 4.90 Å². The zero-order valence-corrected chi connectivity index (χ0v) is 18.7. The standard InChI is InChI=1S/C26H31N3O3/c1-20(2)19-28-15-17-29(18-16-28)24-11-9-23(10-12-24)25(30)13-7-21-3-5-22(6-4-21)8-14-26(31)27-32/h3-14,20,32H,15-19H2,1-2H3,(H,27,31). The van der Waals surface area contributed by atoms with Crippen LogP contribution in [0.3, 0.4) is 0 Å². The van der Waals surface area contributed by atoms with Crippen molar-refractivity contribution in [2.75, 3.05) is 37.6 Å². The van der Waals surface area contributed by atoms with Gasteiger partial charge in [0.05, 0.1) is 0 Å². The maximum absolute atomic E-state index is 12.5. The third-order valence-corrected chi connectivity index (χ3v) is 5.41. The van der Waals surface area contributed by atoms with Gasteiger partial charge in [-0.1, -0.05) is 44.2 Å². The van der Waals surface area contributed by atoms with E-state index >= 15 is 0 Å².